The average molecular weight is 342 g/mol. The van der Waals surface area contributed by atoms with Gasteiger partial charge in [0.15, 0.2) is 5.58 Å². The largest absolute Gasteiger partial charge is 0.475 e. The first kappa shape index (κ1) is 14.9. The van der Waals surface area contributed by atoms with E-state index in [-0.39, 0.29) is 17.7 Å². The molecule has 2 amide bonds. The fourth-order valence-electron chi connectivity index (χ4n) is 4.84. The zero-order valence-electron chi connectivity index (χ0n) is 13.8. The van der Waals surface area contributed by atoms with Gasteiger partial charge in [0.2, 0.25) is 11.8 Å². The Bertz CT molecular complexity index is 892. The summed E-state index contributed by atoms with van der Waals surface area (Å²) in [6.07, 6.45) is 2.07. The maximum atomic E-state index is 12.3. The average Bonchev–Trinajstić information content (AvgIpc) is 3.29. The highest BCUT2D eigenvalue weighted by molar-refractivity contribution is 6.07. The number of hydrogen-bond donors (Lipinski definition) is 1. The van der Waals surface area contributed by atoms with Gasteiger partial charge in [-0.2, -0.15) is 0 Å². The van der Waals surface area contributed by atoms with Gasteiger partial charge < -0.3 is 14.0 Å². The van der Waals surface area contributed by atoms with Crippen LogP contribution in [0.25, 0.3) is 11.0 Å². The number of nitrogens with one attached hydrogen (secondary N) is 1. The molecule has 5 rings (SSSR count). The summed E-state index contributed by atoms with van der Waals surface area (Å²) in [7, 11) is 0. The van der Waals surface area contributed by atoms with Crippen molar-refractivity contribution in [2.45, 2.75) is 37.4 Å². The molecule has 1 aromatic carbocycles. The minimum atomic E-state index is -0.630. The molecule has 3 saturated heterocycles. The van der Waals surface area contributed by atoms with Gasteiger partial charge in [-0.15, -0.1) is 0 Å². The number of amides is 2. The van der Waals surface area contributed by atoms with E-state index in [0.717, 1.165) is 18.2 Å². The highest BCUT2D eigenvalue weighted by Crippen LogP contribution is 2.60. The normalized spacial score (nSPS) is 36.0. The van der Waals surface area contributed by atoms with E-state index in [2.05, 4.69) is 10.5 Å². The lowest BCUT2D eigenvalue weighted by Crippen LogP contribution is -2.42. The van der Waals surface area contributed by atoms with Gasteiger partial charge in [0.1, 0.15) is 0 Å². The Morgan fingerprint density at radius 3 is 2.92 bits per heavy atom. The van der Waals surface area contributed by atoms with E-state index in [9.17, 15) is 9.59 Å². The van der Waals surface area contributed by atoms with Crippen LogP contribution in [-0.4, -0.2) is 34.8 Å². The van der Waals surface area contributed by atoms with Crippen LogP contribution in [0, 0.1) is 11.8 Å². The van der Waals surface area contributed by atoms with E-state index in [0.29, 0.717) is 24.5 Å². The van der Waals surface area contributed by atoms with Crippen LogP contribution in [-0.2, 0) is 14.3 Å². The highest BCUT2D eigenvalue weighted by Gasteiger charge is 2.71. The Kier molecular flexibility index (Phi) is 2.87. The molecule has 1 aromatic heterocycles. The Labute approximate surface area is 143 Å². The molecule has 0 saturated carbocycles. The van der Waals surface area contributed by atoms with E-state index in [1.807, 2.05) is 31.2 Å². The minimum absolute atomic E-state index is 0.206. The molecule has 4 atom stereocenters. The number of fused-ring (bicyclic) bond motifs is 6. The van der Waals surface area contributed by atoms with Crippen molar-refractivity contribution in [3.63, 3.8) is 0 Å². The van der Waals surface area contributed by atoms with E-state index in [1.165, 1.54) is 0 Å². The van der Waals surface area contributed by atoms with Crippen LogP contribution in [0.2, 0.25) is 0 Å². The standard InChI is InChI=1S/C18H18N2O5/c1-17-6-7-18(25-17,13-12(17)14(21)19-15(13)22)8-9-23-16-10-4-2-3-5-11(10)24-20-16/h2-5,12-13H,6-9H2,1H3,(H,19,21,22). The van der Waals surface area contributed by atoms with Gasteiger partial charge in [0, 0.05) is 6.42 Å². The van der Waals surface area contributed by atoms with Gasteiger partial charge in [-0.05, 0) is 37.1 Å². The lowest BCUT2D eigenvalue weighted by Gasteiger charge is -2.30. The van der Waals surface area contributed by atoms with Crippen molar-refractivity contribution in [1.29, 1.82) is 0 Å². The van der Waals surface area contributed by atoms with E-state index in [1.54, 1.807) is 0 Å². The smallest absolute Gasteiger partial charge is 0.262 e. The molecule has 4 heterocycles. The van der Waals surface area contributed by atoms with Crippen LogP contribution in [0.15, 0.2) is 28.8 Å². The van der Waals surface area contributed by atoms with E-state index < -0.39 is 17.1 Å². The molecule has 2 bridgehead atoms. The minimum Gasteiger partial charge on any atom is -0.475 e. The SMILES string of the molecule is CC12CCC(CCOc3noc4ccccc34)(O1)C1C(=O)NC(=O)C12. The molecule has 0 spiro atoms. The third-order valence-corrected chi connectivity index (χ3v) is 5.96. The number of carbonyl (C=O) groups excluding carboxylic acids is 2. The predicted molar refractivity (Wildman–Crippen MR) is 85.7 cm³/mol. The molecule has 4 unspecified atom stereocenters. The van der Waals surface area contributed by atoms with Crippen LogP contribution < -0.4 is 10.1 Å². The Morgan fingerprint density at radius 2 is 2.04 bits per heavy atom. The van der Waals surface area contributed by atoms with Crippen LogP contribution in [0.1, 0.15) is 26.2 Å². The van der Waals surface area contributed by atoms with Crippen LogP contribution >= 0.6 is 0 Å². The van der Waals surface area contributed by atoms with Crippen molar-refractivity contribution >= 4 is 22.8 Å². The number of benzene rings is 1. The third kappa shape index (κ3) is 1.93. The number of aromatic nitrogens is 1. The second-order valence-electron chi connectivity index (χ2n) is 7.37. The highest BCUT2D eigenvalue weighted by atomic mass is 16.6. The molecule has 0 aliphatic carbocycles. The van der Waals surface area contributed by atoms with Gasteiger partial charge in [-0.3, -0.25) is 14.9 Å². The molecule has 130 valence electrons. The zero-order valence-corrected chi connectivity index (χ0v) is 13.8. The number of para-hydroxylation sites is 1. The monoisotopic (exact) mass is 342 g/mol. The molecule has 2 aromatic rings. The van der Waals surface area contributed by atoms with Crippen LogP contribution in [0.5, 0.6) is 5.88 Å². The molecule has 7 nitrogen and oxygen atoms in total. The van der Waals surface area contributed by atoms with Gasteiger partial charge in [-0.1, -0.05) is 12.1 Å². The zero-order chi connectivity index (χ0) is 17.2. The number of rotatable bonds is 4. The molecule has 3 fully saturated rings. The van der Waals surface area contributed by atoms with E-state index in [4.69, 9.17) is 14.0 Å². The molecule has 3 aliphatic heterocycles. The van der Waals surface area contributed by atoms with Crippen LogP contribution in [0.4, 0.5) is 0 Å². The number of imide groups is 1. The summed E-state index contributed by atoms with van der Waals surface area (Å²) in [5.41, 5.74) is -0.515. The molecule has 7 heteroatoms. The van der Waals surface area contributed by atoms with Gasteiger partial charge in [-0.25, -0.2) is 0 Å². The van der Waals surface area contributed by atoms with Crippen molar-refractivity contribution in [3.8, 4) is 5.88 Å². The lowest BCUT2D eigenvalue weighted by molar-refractivity contribution is -0.134. The fraction of sp³-hybridized carbons (Fsp3) is 0.500. The fourth-order valence-corrected chi connectivity index (χ4v) is 4.84. The quantitative estimate of drug-likeness (QED) is 0.852. The molecular formula is C18H18N2O5. The Morgan fingerprint density at radius 1 is 1.24 bits per heavy atom. The Balaban J connectivity index is 1.36. The molecule has 0 radical (unpaired) electrons. The Hall–Kier alpha value is -2.41. The predicted octanol–water partition coefficient (Wildman–Crippen LogP) is 1.81. The first-order valence-electron chi connectivity index (χ1n) is 8.55. The molecule has 1 N–H and O–H groups in total. The number of carbonyl (C=O) groups is 2. The van der Waals surface area contributed by atoms with Gasteiger partial charge >= 0.3 is 0 Å². The number of ether oxygens (including phenoxy) is 2. The maximum absolute atomic E-state index is 12.3. The maximum Gasteiger partial charge on any atom is 0.262 e. The summed E-state index contributed by atoms with van der Waals surface area (Å²) in [6.45, 7) is 2.28. The first-order chi connectivity index (χ1) is 12.0. The van der Waals surface area contributed by atoms with Crippen molar-refractivity contribution in [3.05, 3.63) is 24.3 Å². The summed E-state index contributed by atoms with van der Waals surface area (Å²) in [5, 5.41) is 7.24. The van der Waals surface area contributed by atoms with Crippen molar-refractivity contribution in [1.82, 2.24) is 10.5 Å². The second-order valence-corrected chi connectivity index (χ2v) is 7.37. The first-order valence-corrected chi connectivity index (χ1v) is 8.55. The van der Waals surface area contributed by atoms with E-state index >= 15 is 0 Å². The van der Waals surface area contributed by atoms with Gasteiger partial charge in [0.05, 0.1) is 35.0 Å². The van der Waals surface area contributed by atoms with Gasteiger partial charge in [0.25, 0.3) is 5.88 Å². The molecule has 25 heavy (non-hydrogen) atoms. The third-order valence-electron chi connectivity index (χ3n) is 5.96. The molecule has 3 aliphatic rings. The summed E-state index contributed by atoms with van der Waals surface area (Å²) < 4.78 is 17.3. The summed E-state index contributed by atoms with van der Waals surface area (Å²) in [4.78, 5) is 24.4. The summed E-state index contributed by atoms with van der Waals surface area (Å²) >= 11 is 0. The number of nitrogens with zero attached hydrogens (tertiary/aromatic N) is 1. The number of hydrogen-bond acceptors (Lipinski definition) is 6. The van der Waals surface area contributed by atoms with Crippen molar-refractivity contribution < 1.29 is 23.6 Å². The lowest BCUT2D eigenvalue weighted by atomic mass is 9.67. The topological polar surface area (TPSA) is 90.7 Å². The van der Waals surface area contributed by atoms with Crippen molar-refractivity contribution in [2.75, 3.05) is 6.61 Å². The summed E-state index contributed by atoms with van der Waals surface area (Å²) in [5.74, 6) is -0.792. The summed E-state index contributed by atoms with van der Waals surface area (Å²) in [6, 6.07) is 7.48. The second kappa shape index (κ2) is 4.82. The van der Waals surface area contributed by atoms with Crippen molar-refractivity contribution in [2.24, 2.45) is 11.8 Å². The molecular weight excluding hydrogens is 324 g/mol. The van der Waals surface area contributed by atoms with Crippen LogP contribution in [0.3, 0.4) is 0 Å².